The molecule has 0 radical (unpaired) electrons. The molecule has 0 saturated heterocycles. The van der Waals surface area contributed by atoms with Gasteiger partial charge in [0.15, 0.2) is 17.5 Å². The van der Waals surface area contributed by atoms with Crippen molar-refractivity contribution in [1.82, 2.24) is 29.1 Å². The summed E-state index contributed by atoms with van der Waals surface area (Å²) >= 11 is 0. The third-order valence-electron chi connectivity index (χ3n) is 13.7. The van der Waals surface area contributed by atoms with Crippen molar-refractivity contribution in [3.63, 3.8) is 0 Å². The van der Waals surface area contributed by atoms with Crippen molar-refractivity contribution in [1.29, 1.82) is 0 Å². The second-order valence-corrected chi connectivity index (χ2v) is 17.8. The molecule has 10 aromatic carbocycles. The summed E-state index contributed by atoms with van der Waals surface area (Å²) in [5.41, 5.74) is 14.7. The zero-order chi connectivity index (χ0) is 46.1. The highest BCUT2D eigenvalue weighted by Gasteiger charge is 2.19. The van der Waals surface area contributed by atoms with Gasteiger partial charge in [0.05, 0.1) is 33.3 Å². The number of pyridine rings is 1. The maximum Gasteiger partial charge on any atom is 0.164 e. The number of aromatic nitrogens is 6. The fraction of sp³-hybridized carbons (Fsp3) is 0. The first kappa shape index (κ1) is 39.6. The van der Waals surface area contributed by atoms with E-state index in [2.05, 4.69) is 221 Å². The molecule has 70 heavy (non-hydrogen) atoms. The lowest BCUT2D eigenvalue weighted by molar-refractivity contribution is 1.07. The lowest BCUT2D eigenvalue weighted by atomic mass is 9.96. The highest BCUT2D eigenvalue weighted by atomic mass is 15.0. The fourth-order valence-corrected chi connectivity index (χ4v) is 10.5. The molecule has 0 N–H and O–H groups in total. The molecule has 14 rings (SSSR count). The van der Waals surface area contributed by atoms with Gasteiger partial charge in [0.2, 0.25) is 0 Å². The molecule has 326 valence electrons. The van der Waals surface area contributed by atoms with Gasteiger partial charge in [0.25, 0.3) is 0 Å². The average Bonchev–Trinajstić information content (AvgIpc) is 3.95. The van der Waals surface area contributed by atoms with Crippen molar-refractivity contribution in [3.8, 4) is 67.9 Å². The average molecular weight is 893 g/mol. The molecule has 0 aliphatic heterocycles. The molecule has 0 aliphatic rings. The quantitative estimate of drug-likeness (QED) is 0.150. The van der Waals surface area contributed by atoms with Crippen LogP contribution in [0.5, 0.6) is 0 Å². The van der Waals surface area contributed by atoms with E-state index in [-0.39, 0.29) is 0 Å². The second-order valence-electron chi connectivity index (χ2n) is 17.8. The first-order chi connectivity index (χ1) is 34.7. The molecule has 0 amide bonds. The van der Waals surface area contributed by atoms with Crippen LogP contribution in [0.25, 0.3) is 133 Å². The van der Waals surface area contributed by atoms with Crippen molar-refractivity contribution < 1.29 is 0 Å². The molecule has 0 unspecified atom stereocenters. The molecule has 6 nitrogen and oxygen atoms in total. The Morgan fingerprint density at radius 1 is 0.229 bits per heavy atom. The summed E-state index contributed by atoms with van der Waals surface area (Å²) in [5.74, 6) is 1.84. The second kappa shape index (κ2) is 16.1. The van der Waals surface area contributed by atoms with Crippen molar-refractivity contribution >= 4 is 65.3 Å². The van der Waals surface area contributed by atoms with Crippen LogP contribution < -0.4 is 0 Å². The Kier molecular flexibility index (Phi) is 9.10. The summed E-state index contributed by atoms with van der Waals surface area (Å²) in [4.78, 5) is 20.8. The molecule has 0 saturated carbocycles. The molecule has 0 aliphatic carbocycles. The van der Waals surface area contributed by atoms with Crippen LogP contribution in [-0.2, 0) is 0 Å². The number of rotatable bonds is 7. The minimum Gasteiger partial charge on any atom is -0.309 e. The van der Waals surface area contributed by atoms with Crippen molar-refractivity contribution in [3.05, 3.63) is 243 Å². The Morgan fingerprint density at radius 2 is 0.700 bits per heavy atom. The highest BCUT2D eigenvalue weighted by Crippen LogP contribution is 2.41. The van der Waals surface area contributed by atoms with Crippen LogP contribution >= 0.6 is 0 Å². The van der Waals surface area contributed by atoms with E-state index in [9.17, 15) is 0 Å². The van der Waals surface area contributed by atoms with Gasteiger partial charge < -0.3 is 9.13 Å². The van der Waals surface area contributed by atoms with Crippen molar-refractivity contribution in [2.75, 3.05) is 0 Å². The molecule has 6 heteroatoms. The Bertz CT molecular complexity index is 4280. The van der Waals surface area contributed by atoms with Crippen LogP contribution in [0.2, 0.25) is 0 Å². The number of benzene rings is 10. The fourth-order valence-electron chi connectivity index (χ4n) is 10.5. The number of hydrogen-bond acceptors (Lipinski definition) is 4. The van der Waals surface area contributed by atoms with Crippen LogP contribution in [0, 0.1) is 0 Å². The van der Waals surface area contributed by atoms with Gasteiger partial charge in [-0.25, -0.2) is 19.9 Å². The predicted molar refractivity (Wildman–Crippen MR) is 288 cm³/mol. The molecule has 4 aromatic heterocycles. The lowest BCUT2D eigenvalue weighted by Crippen LogP contribution is -2.01. The monoisotopic (exact) mass is 892 g/mol. The Hall–Kier alpha value is -9.52. The van der Waals surface area contributed by atoms with Gasteiger partial charge in [0, 0.05) is 65.9 Å². The molecule has 14 aromatic rings. The summed E-state index contributed by atoms with van der Waals surface area (Å²) in [6, 6.07) is 85.7. The van der Waals surface area contributed by atoms with Crippen LogP contribution in [0.15, 0.2) is 243 Å². The highest BCUT2D eigenvalue weighted by molar-refractivity contribution is 6.20. The molecule has 0 fully saturated rings. The van der Waals surface area contributed by atoms with E-state index < -0.39 is 0 Å². The van der Waals surface area contributed by atoms with Crippen LogP contribution in [0.1, 0.15) is 0 Å². The van der Waals surface area contributed by atoms with Crippen LogP contribution in [0.3, 0.4) is 0 Å². The van der Waals surface area contributed by atoms with Crippen molar-refractivity contribution in [2.45, 2.75) is 0 Å². The smallest absolute Gasteiger partial charge is 0.164 e. The zero-order valence-corrected chi connectivity index (χ0v) is 37.8. The van der Waals surface area contributed by atoms with E-state index in [0.717, 1.165) is 77.8 Å². The zero-order valence-electron chi connectivity index (χ0n) is 37.8. The van der Waals surface area contributed by atoms with Gasteiger partial charge >= 0.3 is 0 Å². The number of fused-ring (bicyclic) bond motifs is 9. The molecule has 4 heterocycles. The predicted octanol–water partition coefficient (Wildman–Crippen LogP) is 16.1. The third-order valence-corrected chi connectivity index (χ3v) is 13.7. The third kappa shape index (κ3) is 6.49. The summed E-state index contributed by atoms with van der Waals surface area (Å²) < 4.78 is 4.71. The molecular weight excluding hydrogens is 853 g/mol. The summed E-state index contributed by atoms with van der Waals surface area (Å²) in [6.45, 7) is 0. The number of nitrogens with zero attached hydrogens (tertiary/aromatic N) is 6. The first-order valence-corrected chi connectivity index (χ1v) is 23.6. The molecule has 0 spiro atoms. The Balaban J connectivity index is 0.883. The van der Waals surface area contributed by atoms with Gasteiger partial charge in [-0.05, 0) is 77.2 Å². The van der Waals surface area contributed by atoms with Gasteiger partial charge in [0.1, 0.15) is 0 Å². The van der Waals surface area contributed by atoms with E-state index in [1.165, 1.54) is 38.0 Å². The summed E-state index contributed by atoms with van der Waals surface area (Å²) in [6.07, 6.45) is 0. The van der Waals surface area contributed by atoms with E-state index in [4.69, 9.17) is 19.9 Å². The van der Waals surface area contributed by atoms with E-state index in [0.29, 0.717) is 17.5 Å². The Morgan fingerprint density at radius 3 is 1.34 bits per heavy atom. The number of para-hydroxylation sites is 4. The van der Waals surface area contributed by atoms with Gasteiger partial charge in [-0.1, -0.05) is 182 Å². The largest absolute Gasteiger partial charge is 0.309 e. The van der Waals surface area contributed by atoms with Gasteiger partial charge in [-0.2, -0.15) is 0 Å². The Labute approximate surface area is 403 Å². The SMILES string of the molecule is c1ccc(-c2nc(-c3ccc(-c4ccc5c(c4)nc(-c4ccccc4)c4cc6c7ccccc7n(-c7ccccc7)c6cc45)cc3)nc(-c3cccc(-n4c5ccccc5c5ccccc54)c3)n2)cc1. The molecular formula is C64H40N6. The topological polar surface area (TPSA) is 61.4 Å². The normalized spacial score (nSPS) is 11.7. The van der Waals surface area contributed by atoms with Crippen molar-refractivity contribution in [2.24, 2.45) is 0 Å². The summed E-state index contributed by atoms with van der Waals surface area (Å²) in [5, 5.41) is 8.26. The van der Waals surface area contributed by atoms with Gasteiger partial charge in [-0.15, -0.1) is 0 Å². The minimum atomic E-state index is 0.607. The van der Waals surface area contributed by atoms with E-state index >= 15 is 0 Å². The lowest BCUT2D eigenvalue weighted by Gasteiger charge is -2.14. The minimum absolute atomic E-state index is 0.607. The number of hydrogen-bond donors (Lipinski definition) is 0. The van der Waals surface area contributed by atoms with Gasteiger partial charge in [-0.3, -0.25) is 0 Å². The molecule has 0 bridgehead atoms. The van der Waals surface area contributed by atoms with E-state index in [1.54, 1.807) is 0 Å². The first-order valence-electron chi connectivity index (χ1n) is 23.6. The maximum atomic E-state index is 5.47. The standard InChI is InChI=1S/C64H40N6/c1-4-17-42(18-5-1)61-55-39-54-52-27-12-15-30-59(52)69(47-22-8-3-9-23-47)60(54)40-53(55)49-36-35-45(38-56(49)65-61)41-31-33-44(34-32-41)63-66-62(43-19-6-2-7-20-43)67-64(68-63)46-21-16-24-48(37-46)70-57-28-13-10-25-50(57)51-26-11-14-29-58(51)70/h1-40H. The van der Waals surface area contributed by atoms with Crippen LogP contribution in [0.4, 0.5) is 0 Å². The van der Waals surface area contributed by atoms with Crippen LogP contribution in [-0.4, -0.2) is 29.1 Å². The maximum absolute atomic E-state index is 5.47. The molecule has 0 atom stereocenters. The van der Waals surface area contributed by atoms with E-state index in [1.807, 2.05) is 30.3 Å². The summed E-state index contributed by atoms with van der Waals surface area (Å²) in [7, 11) is 0.